The Bertz CT molecular complexity index is 701. The molecular weight excluding hydrogens is 310 g/mol. The Hall–Kier alpha value is -2.30. The number of benzene rings is 1. The number of aromatic nitrogens is 2. The van der Waals surface area contributed by atoms with Gasteiger partial charge in [-0.1, -0.05) is 12.8 Å². The molecule has 0 bridgehead atoms. The maximum Gasteiger partial charge on any atom is 0.136 e. The van der Waals surface area contributed by atoms with Gasteiger partial charge in [-0.3, -0.25) is 0 Å². The van der Waals surface area contributed by atoms with E-state index in [2.05, 4.69) is 49.8 Å². The van der Waals surface area contributed by atoms with Crippen LogP contribution in [0.4, 0.5) is 23.0 Å². The Morgan fingerprint density at radius 1 is 0.920 bits per heavy atom. The standard InChI is InChI=1S/C20H27N5/c1-15-21-19(23-16-6-2-3-7-16)14-20(22-15)24-17-8-10-18(11-9-17)25-12-4-5-13-25/h8-11,14,16H,2-7,12-13H2,1H3,(H2,21,22,23,24). The lowest BCUT2D eigenvalue weighted by Gasteiger charge is -2.18. The minimum absolute atomic E-state index is 0.557. The summed E-state index contributed by atoms with van der Waals surface area (Å²) in [6.07, 6.45) is 7.72. The van der Waals surface area contributed by atoms with Gasteiger partial charge in [-0.15, -0.1) is 0 Å². The van der Waals surface area contributed by atoms with Crippen LogP contribution in [0.3, 0.4) is 0 Å². The van der Waals surface area contributed by atoms with E-state index >= 15 is 0 Å². The Labute approximate surface area is 149 Å². The van der Waals surface area contributed by atoms with Gasteiger partial charge in [0.15, 0.2) is 0 Å². The van der Waals surface area contributed by atoms with Crippen LogP contribution < -0.4 is 15.5 Å². The van der Waals surface area contributed by atoms with Crippen molar-refractivity contribution in [2.75, 3.05) is 28.6 Å². The van der Waals surface area contributed by atoms with Gasteiger partial charge in [0.2, 0.25) is 0 Å². The molecule has 0 atom stereocenters. The molecule has 2 aliphatic rings. The van der Waals surface area contributed by atoms with Gasteiger partial charge in [0.1, 0.15) is 17.5 Å². The first kappa shape index (κ1) is 16.2. The maximum absolute atomic E-state index is 4.54. The second-order valence-electron chi connectivity index (χ2n) is 7.18. The molecule has 0 radical (unpaired) electrons. The number of hydrogen-bond donors (Lipinski definition) is 2. The molecule has 0 spiro atoms. The number of anilines is 4. The van der Waals surface area contributed by atoms with Crippen molar-refractivity contribution < 1.29 is 0 Å². The number of aryl methyl sites for hydroxylation is 1. The molecule has 1 saturated carbocycles. The molecule has 5 nitrogen and oxygen atoms in total. The lowest BCUT2D eigenvalue weighted by molar-refractivity contribution is 0.748. The van der Waals surface area contributed by atoms with E-state index in [9.17, 15) is 0 Å². The van der Waals surface area contributed by atoms with Crippen molar-refractivity contribution in [3.8, 4) is 0 Å². The van der Waals surface area contributed by atoms with Crippen LogP contribution in [0.15, 0.2) is 30.3 Å². The zero-order valence-corrected chi connectivity index (χ0v) is 15.0. The topological polar surface area (TPSA) is 53.1 Å². The van der Waals surface area contributed by atoms with Crippen LogP contribution in [0.25, 0.3) is 0 Å². The first-order valence-corrected chi connectivity index (χ1v) is 9.50. The second kappa shape index (κ2) is 7.30. The fourth-order valence-electron chi connectivity index (χ4n) is 3.86. The summed E-state index contributed by atoms with van der Waals surface area (Å²) in [4.78, 5) is 11.5. The molecule has 5 heteroatoms. The molecule has 0 amide bonds. The molecule has 2 fully saturated rings. The summed E-state index contributed by atoms with van der Waals surface area (Å²) in [7, 11) is 0. The lowest BCUT2D eigenvalue weighted by Crippen LogP contribution is -2.17. The minimum Gasteiger partial charge on any atom is -0.372 e. The van der Waals surface area contributed by atoms with Gasteiger partial charge in [0.05, 0.1) is 0 Å². The maximum atomic E-state index is 4.54. The van der Waals surface area contributed by atoms with Crippen molar-refractivity contribution in [3.63, 3.8) is 0 Å². The van der Waals surface area contributed by atoms with E-state index in [1.165, 1.54) is 57.3 Å². The van der Waals surface area contributed by atoms with E-state index in [0.29, 0.717) is 6.04 Å². The highest BCUT2D eigenvalue weighted by Gasteiger charge is 2.16. The first-order valence-electron chi connectivity index (χ1n) is 9.50. The summed E-state index contributed by atoms with van der Waals surface area (Å²) >= 11 is 0. The number of nitrogens with zero attached hydrogens (tertiary/aromatic N) is 3. The average molecular weight is 337 g/mol. The fourth-order valence-corrected chi connectivity index (χ4v) is 3.86. The molecule has 1 saturated heterocycles. The molecule has 25 heavy (non-hydrogen) atoms. The number of hydrogen-bond acceptors (Lipinski definition) is 5. The van der Waals surface area contributed by atoms with E-state index in [4.69, 9.17) is 0 Å². The van der Waals surface area contributed by atoms with Gasteiger partial charge < -0.3 is 15.5 Å². The average Bonchev–Trinajstić information content (AvgIpc) is 3.28. The summed E-state index contributed by atoms with van der Waals surface area (Å²) in [5, 5.41) is 6.97. The highest BCUT2D eigenvalue weighted by molar-refractivity contribution is 5.62. The van der Waals surface area contributed by atoms with Crippen molar-refractivity contribution in [3.05, 3.63) is 36.2 Å². The Morgan fingerprint density at radius 3 is 2.32 bits per heavy atom. The van der Waals surface area contributed by atoms with E-state index in [1.807, 2.05) is 13.0 Å². The zero-order chi connectivity index (χ0) is 17.1. The van der Waals surface area contributed by atoms with Crippen LogP contribution in [0.5, 0.6) is 0 Å². The normalized spacial score (nSPS) is 17.9. The predicted octanol–water partition coefficient (Wildman–Crippen LogP) is 4.48. The molecule has 1 aromatic carbocycles. The molecule has 2 heterocycles. The summed E-state index contributed by atoms with van der Waals surface area (Å²) in [5.41, 5.74) is 2.37. The van der Waals surface area contributed by atoms with Crippen LogP contribution in [0, 0.1) is 6.92 Å². The molecule has 2 aromatic rings. The van der Waals surface area contributed by atoms with Crippen LogP contribution in [-0.2, 0) is 0 Å². The van der Waals surface area contributed by atoms with Gasteiger partial charge in [0, 0.05) is 36.6 Å². The number of rotatable bonds is 5. The van der Waals surface area contributed by atoms with Crippen molar-refractivity contribution in [2.24, 2.45) is 0 Å². The lowest BCUT2D eigenvalue weighted by atomic mass is 10.2. The quantitative estimate of drug-likeness (QED) is 0.842. The summed E-state index contributed by atoms with van der Waals surface area (Å²) in [6, 6.07) is 11.2. The van der Waals surface area contributed by atoms with Gasteiger partial charge in [-0.2, -0.15) is 0 Å². The summed E-state index contributed by atoms with van der Waals surface area (Å²) < 4.78 is 0. The van der Waals surface area contributed by atoms with Crippen molar-refractivity contribution in [1.82, 2.24) is 9.97 Å². The predicted molar refractivity (Wildman–Crippen MR) is 104 cm³/mol. The van der Waals surface area contributed by atoms with E-state index < -0.39 is 0 Å². The third kappa shape index (κ3) is 4.03. The molecule has 132 valence electrons. The molecule has 1 aliphatic heterocycles. The molecule has 4 rings (SSSR count). The van der Waals surface area contributed by atoms with Crippen LogP contribution in [0.1, 0.15) is 44.3 Å². The smallest absolute Gasteiger partial charge is 0.136 e. The van der Waals surface area contributed by atoms with Crippen LogP contribution in [-0.4, -0.2) is 29.1 Å². The monoisotopic (exact) mass is 337 g/mol. The minimum atomic E-state index is 0.557. The number of nitrogens with one attached hydrogen (secondary N) is 2. The third-order valence-corrected chi connectivity index (χ3v) is 5.16. The van der Waals surface area contributed by atoms with Gasteiger partial charge in [-0.25, -0.2) is 9.97 Å². The molecule has 0 unspecified atom stereocenters. The van der Waals surface area contributed by atoms with Crippen molar-refractivity contribution in [1.29, 1.82) is 0 Å². The first-order chi connectivity index (χ1) is 12.3. The van der Waals surface area contributed by atoms with Gasteiger partial charge >= 0.3 is 0 Å². The van der Waals surface area contributed by atoms with Gasteiger partial charge in [0.25, 0.3) is 0 Å². The molecule has 2 N–H and O–H groups in total. The highest BCUT2D eigenvalue weighted by atomic mass is 15.1. The zero-order valence-electron chi connectivity index (χ0n) is 15.0. The molecule has 1 aliphatic carbocycles. The largest absolute Gasteiger partial charge is 0.372 e. The fraction of sp³-hybridized carbons (Fsp3) is 0.500. The van der Waals surface area contributed by atoms with Crippen molar-refractivity contribution in [2.45, 2.75) is 51.5 Å². The van der Waals surface area contributed by atoms with Crippen molar-refractivity contribution >= 4 is 23.0 Å². The van der Waals surface area contributed by atoms with Crippen LogP contribution in [0.2, 0.25) is 0 Å². The second-order valence-corrected chi connectivity index (χ2v) is 7.18. The highest BCUT2D eigenvalue weighted by Crippen LogP contribution is 2.25. The Morgan fingerprint density at radius 2 is 1.60 bits per heavy atom. The molecule has 1 aromatic heterocycles. The third-order valence-electron chi connectivity index (χ3n) is 5.16. The van der Waals surface area contributed by atoms with Crippen LogP contribution >= 0.6 is 0 Å². The Balaban J connectivity index is 1.45. The van der Waals surface area contributed by atoms with E-state index in [-0.39, 0.29) is 0 Å². The molecular formula is C20H27N5. The van der Waals surface area contributed by atoms with E-state index in [0.717, 1.165) is 23.1 Å². The summed E-state index contributed by atoms with van der Waals surface area (Å²) in [6.45, 7) is 4.30. The Kier molecular flexibility index (Phi) is 4.72. The van der Waals surface area contributed by atoms with E-state index in [1.54, 1.807) is 0 Å². The van der Waals surface area contributed by atoms with Gasteiger partial charge in [-0.05, 0) is 56.9 Å². The SMILES string of the molecule is Cc1nc(Nc2ccc(N3CCCC3)cc2)cc(NC2CCCC2)n1. The summed E-state index contributed by atoms with van der Waals surface area (Å²) in [5.74, 6) is 2.57.